The molecule has 0 saturated carbocycles. The summed E-state index contributed by atoms with van der Waals surface area (Å²) in [5.41, 5.74) is 0.277. The van der Waals surface area contributed by atoms with Gasteiger partial charge in [0.25, 0.3) is 5.91 Å². The molecular weight excluding hydrogens is 370 g/mol. The summed E-state index contributed by atoms with van der Waals surface area (Å²) in [4.78, 5) is 12.2. The maximum absolute atomic E-state index is 12.9. The first kappa shape index (κ1) is 21.7. The van der Waals surface area contributed by atoms with Gasteiger partial charge in [-0.15, -0.1) is 12.4 Å². The zero-order chi connectivity index (χ0) is 17.6. The van der Waals surface area contributed by atoms with Gasteiger partial charge in [-0.1, -0.05) is 0 Å². The number of halogens is 1. The van der Waals surface area contributed by atoms with E-state index in [1.807, 2.05) is 0 Å². The zero-order valence-electron chi connectivity index (χ0n) is 14.3. The van der Waals surface area contributed by atoms with Crippen molar-refractivity contribution in [1.82, 2.24) is 14.9 Å². The van der Waals surface area contributed by atoms with Crippen LogP contribution in [0.25, 0.3) is 0 Å². The number of amides is 1. The highest BCUT2D eigenvalue weighted by atomic mass is 35.5. The van der Waals surface area contributed by atoms with E-state index in [-0.39, 0.29) is 47.6 Å². The Labute approximate surface area is 154 Å². The molecule has 1 aromatic carbocycles. The Hall–Kier alpha value is -1.39. The van der Waals surface area contributed by atoms with E-state index in [1.54, 1.807) is 13.1 Å². The molecule has 1 amide bonds. The van der Waals surface area contributed by atoms with Crippen LogP contribution in [0.2, 0.25) is 0 Å². The molecule has 1 aliphatic rings. The molecule has 0 bridgehead atoms. The lowest BCUT2D eigenvalue weighted by Crippen LogP contribution is -2.40. The Kier molecular flexibility index (Phi) is 8.60. The molecule has 1 fully saturated rings. The summed E-state index contributed by atoms with van der Waals surface area (Å²) < 4.78 is 37.4. The lowest BCUT2D eigenvalue weighted by molar-refractivity contribution is 0.0729. The van der Waals surface area contributed by atoms with Crippen LogP contribution in [0.15, 0.2) is 23.1 Å². The van der Waals surface area contributed by atoms with Crippen LogP contribution in [-0.4, -0.2) is 72.2 Å². The molecule has 142 valence electrons. The summed E-state index contributed by atoms with van der Waals surface area (Å²) >= 11 is 0. The summed E-state index contributed by atoms with van der Waals surface area (Å²) in [6.07, 6.45) is 0. The third-order valence-corrected chi connectivity index (χ3v) is 5.59. The van der Waals surface area contributed by atoms with Crippen molar-refractivity contribution in [2.45, 2.75) is 4.90 Å². The Morgan fingerprint density at radius 1 is 1.28 bits per heavy atom. The van der Waals surface area contributed by atoms with Crippen LogP contribution < -0.4 is 15.4 Å². The van der Waals surface area contributed by atoms with Crippen LogP contribution in [0.5, 0.6) is 5.75 Å². The Morgan fingerprint density at radius 3 is 2.56 bits per heavy atom. The number of likely N-dealkylation sites (N-methyl/N-ethyl adjacent to an activating group) is 1. The van der Waals surface area contributed by atoms with Gasteiger partial charge in [0.05, 0.1) is 20.3 Å². The minimum absolute atomic E-state index is 0. The van der Waals surface area contributed by atoms with E-state index in [0.29, 0.717) is 26.3 Å². The van der Waals surface area contributed by atoms with Crippen molar-refractivity contribution in [2.75, 3.05) is 53.6 Å². The molecule has 1 aliphatic heterocycles. The van der Waals surface area contributed by atoms with Gasteiger partial charge in [-0.25, -0.2) is 8.42 Å². The van der Waals surface area contributed by atoms with Crippen LogP contribution >= 0.6 is 12.4 Å². The van der Waals surface area contributed by atoms with E-state index < -0.39 is 10.0 Å². The van der Waals surface area contributed by atoms with Crippen molar-refractivity contribution in [3.05, 3.63) is 23.8 Å². The van der Waals surface area contributed by atoms with Crippen LogP contribution in [0.4, 0.5) is 0 Å². The summed E-state index contributed by atoms with van der Waals surface area (Å²) in [7, 11) is -0.563. The first-order valence-electron chi connectivity index (χ1n) is 7.69. The predicted octanol–water partition coefficient (Wildman–Crippen LogP) is 0.0871. The first-order valence-corrected chi connectivity index (χ1v) is 9.13. The number of carbonyl (C=O) groups excluding carboxylic acids is 1. The number of sulfonamides is 1. The monoisotopic (exact) mass is 393 g/mol. The Balaban J connectivity index is 0.00000312. The van der Waals surface area contributed by atoms with E-state index in [2.05, 4.69) is 10.6 Å². The molecule has 10 heteroatoms. The van der Waals surface area contributed by atoms with Crippen LogP contribution in [0, 0.1) is 0 Å². The van der Waals surface area contributed by atoms with E-state index in [0.717, 1.165) is 0 Å². The second-order valence-corrected chi connectivity index (χ2v) is 7.15. The number of nitrogens with zero attached hydrogens (tertiary/aromatic N) is 1. The minimum atomic E-state index is -3.75. The second kappa shape index (κ2) is 9.93. The fourth-order valence-corrected chi connectivity index (χ4v) is 3.94. The van der Waals surface area contributed by atoms with Gasteiger partial charge in [0.1, 0.15) is 10.6 Å². The van der Waals surface area contributed by atoms with Gasteiger partial charge in [0.2, 0.25) is 10.0 Å². The number of rotatable bonds is 7. The highest BCUT2D eigenvalue weighted by molar-refractivity contribution is 7.89. The normalized spacial score (nSPS) is 15.3. The molecule has 25 heavy (non-hydrogen) atoms. The van der Waals surface area contributed by atoms with Gasteiger partial charge in [-0.3, -0.25) is 4.79 Å². The molecule has 1 heterocycles. The number of benzene rings is 1. The number of methoxy groups -OCH3 is 1. The molecule has 1 aromatic rings. The largest absolute Gasteiger partial charge is 0.495 e. The van der Waals surface area contributed by atoms with Crippen molar-refractivity contribution in [3.63, 3.8) is 0 Å². The summed E-state index contributed by atoms with van der Waals surface area (Å²) in [5.74, 6) is -0.111. The van der Waals surface area contributed by atoms with Crippen molar-refractivity contribution in [2.24, 2.45) is 0 Å². The number of nitrogens with one attached hydrogen (secondary N) is 2. The summed E-state index contributed by atoms with van der Waals surface area (Å²) in [5, 5.41) is 5.65. The molecular formula is C15H24ClN3O5S. The van der Waals surface area contributed by atoms with Crippen LogP contribution in [-0.2, 0) is 14.8 Å². The molecule has 0 spiro atoms. The third-order valence-electron chi connectivity index (χ3n) is 3.67. The highest BCUT2D eigenvalue weighted by Gasteiger charge is 2.30. The van der Waals surface area contributed by atoms with Crippen LogP contribution in [0.3, 0.4) is 0 Å². The predicted molar refractivity (Wildman–Crippen MR) is 96.1 cm³/mol. The average Bonchev–Trinajstić information content (AvgIpc) is 2.62. The standard InChI is InChI=1S/C15H23N3O5S.ClH/c1-16-5-6-17-15(19)12-3-4-13(22-2)14(11-12)24(20,21)18-7-9-23-10-8-18;/h3-4,11,16H,5-10H2,1-2H3,(H,17,19);1H. The Morgan fingerprint density at radius 2 is 1.96 bits per heavy atom. The van der Waals surface area contributed by atoms with E-state index in [4.69, 9.17) is 9.47 Å². The lowest BCUT2D eigenvalue weighted by Gasteiger charge is -2.26. The fraction of sp³-hybridized carbons (Fsp3) is 0.533. The Bertz CT molecular complexity index is 678. The maximum atomic E-state index is 12.9. The molecule has 0 atom stereocenters. The smallest absolute Gasteiger partial charge is 0.251 e. The molecule has 2 rings (SSSR count). The van der Waals surface area contributed by atoms with Gasteiger partial charge in [0, 0.05) is 31.7 Å². The molecule has 0 aromatic heterocycles. The topological polar surface area (TPSA) is 97.0 Å². The first-order chi connectivity index (χ1) is 11.5. The molecule has 1 saturated heterocycles. The van der Waals surface area contributed by atoms with Gasteiger partial charge in [-0.05, 0) is 25.2 Å². The molecule has 0 aliphatic carbocycles. The second-order valence-electron chi connectivity index (χ2n) is 5.24. The number of carbonyl (C=O) groups is 1. The van der Waals surface area contributed by atoms with E-state index in [1.165, 1.54) is 23.5 Å². The van der Waals surface area contributed by atoms with Gasteiger partial charge >= 0.3 is 0 Å². The van der Waals surface area contributed by atoms with Gasteiger partial charge in [0.15, 0.2) is 0 Å². The van der Waals surface area contributed by atoms with Crippen LogP contribution in [0.1, 0.15) is 10.4 Å². The molecule has 8 nitrogen and oxygen atoms in total. The lowest BCUT2D eigenvalue weighted by atomic mass is 10.2. The van der Waals surface area contributed by atoms with Gasteiger partial charge in [-0.2, -0.15) is 4.31 Å². The van der Waals surface area contributed by atoms with Crippen molar-refractivity contribution >= 4 is 28.3 Å². The van der Waals surface area contributed by atoms with Crippen molar-refractivity contribution < 1.29 is 22.7 Å². The van der Waals surface area contributed by atoms with Gasteiger partial charge < -0.3 is 20.1 Å². The number of hydrogen-bond acceptors (Lipinski definition) is 6. The minimum Gasteiger partial charge on any atom is -0.495 e. The fourth-order valence-electron chi connectivity index (χ4n) is 2.35. The summed E-state index contributed by atoms with van der Waals surface area (Å²) in [6, 6.07) is 4.41. The highest BCUT2D eigenvalue weighted by Crippen LogP contribution is 2.28. The maximum Gasteiger partial charge on any atom is 0.251 e. The molecule has 0 unspecified atom stereocenters. The SMILES string of the molecule is CNCCNC(=O)c1ccc(OC)c(S(=O)(=O)N2CCOCC2)c1.Cl. The zero-order valence-corrected chi connectivity index (χ0v) is 15.9. The molecule has 0 radical (unpaired) electrons. The van der Waals surface area contributed by atoms with Crippen molar-refractivity contribution in [3.8, 4) is 5.75 Å². The number of hydrogen-bond donors (Lipinski definition) is 2. The molecule has 2 N–H and O–H groups in total. The third kappa shape index (κ3) is 5.29. The quantitative estimate of drug-likeness (QED) is 0.637. The number of ether oxygens (including phenoxy) is 2. The average molecular weight is 394 g/mol. The van der Waals surface area contributed by atoms with E-state index >= 15 is 0 Å². The van der Waals surface area contributed by atoms with Crippen molar-refractivity contribution in [1.29, 1.82) is 0 Å². The summed E-state index contributed by atoms with van der Waals surface area (Å²) in [6.45, 7) is 2.35. The number of morpholine rings is 1. The van der Waals surface area contributed by atoms with E-state index in [9.17, 15) is 13.2 Å².